The summed E-state index contributed by atoms with van der Waals surface area (Å²) in [6.45, 7) is 2.10. The Morgan fingerprint density at radius 3 is 1.57 bits per heavy atom. The predicted octanol–water partition coefficient (Wildman–Crippen LogP) is 6.21. The van der Waals surface area contributed by atoms with E-state index >= 15 is 0 Å². The molecule has 4 heteroatoms. The van der Waals surface area contributed by atoms with Crippen LogP contribution in [0.1, 0.15) is 79.0 Å². The fourth-order valence-electron chi connectivity index (χ4n) is 3.76. The van der Waals surface area contributed by atoms with E-state index in [2.05, 4.69) is 6.92 Å². The summed E-state index contributed by atoms with van der Waals surface area (Å²) in [4.78, 5) is 37.6. The van der Waals surface area contributed by atoms with E-state index < -0.39 is 11.9 Å². The van der Waals surface area contributed by atoms with Crippen LogP contribution in [-0.2, 0) is 4.79 Å². The van der Waals surface area contributed by atoms with Crippen molar-refractivity contribution >= 4 is 17.5 Å². The topological polar surface area (TPSA) is 71.4 Å². The van der Waals surface area contributed by atoms with Gasteiger partial charge in [0, 0.05) is 11.1 Å². The molecular formula is C26H32O4. The largest absolute Gasteiger partial charge is 0.481 e. The van der Waals surface area contributed by atoms with Gasteiger partial charge in [0.15, 0.2) is 11.6 Å². The smallest absolute Gasteiger partial charge is 0.306 e. The van der Waals surface area contributed by atoms with Crippen molar-refractivity contribution in [2.45, 2.75) is 58.3 Å². The van der Waals surface area contributed by atoms with Crippen LogP contribution in [0.3, 0.4) is 0 Å². The molecule has 1 atom stereocenters. The molecule has 0 aliphatic carbocycles. The Balaban J connectivity index is 2.02. The number of carboxylic acid groups (broad SMARTS) is 1. The standard InChI is InChI=1S/C26H32O4/c1-2-3-6-17-22(26(29)30)18-11-12-19-23(24(27)20-13-7-4-8-14-20)25(28)21-15-9-5-10-16-21/h4-5,7-10,13-16,22-23H,2-3,6,11-12,17-19H2,1H3,(H,29,30). The molecule has 0 saturated carbocycles. The van der Waals surface area contributed by atoms with Crippen LogP contribution in [0.4, 0.5) is 0 Å². The van der Waals surface area contributed by atoms with Crippen molar-refractivity contribution in [1.29, 1.82) is 0 Å². The first-order valence-corrected chi connectivity index (χ1v) is 11.0. The average Bonchev–Trinajstić information content (AvgIpc) is 2.78. The van der Waals surface area contributed by atoms with E-state index in [1.807, 2.05) is 12.1 Å². The molecule has 1 unspecified atom stereocenters. The number of benzene rings is 2. The van der Waals surface area contributed by atoms with Gasteiger partial charge in [-0.05, 0) is 19.3 Å². The second kappa shape index (κ2) is 12.7. The second-order valence-electron chi connectivity index (χ2n) is 7.83. The number of carbonyl (C=O) groups excluding carboxylic acids is 2. The van der Waals surface area contributed by atoms with Crippen molar-refractivity contribution in [1.82, 2.24) is 0 Å². The number of aliphatic carboxylic acids is 1. The molecule has 0 aliphatic heterocycles. The molecule has 0 amide bonds. The lowest BCUT2D eigenvalue weighted by molar-refractivity contribution is -0.142. The van der Waals surface area contributed by atoms with Crippen molar-refractivity contribution in [3.63, 3.8) is 0 Å². The van der Waals surface area contributed by atoms with Gasteiger partial charge in [0.05, 0.1) is 11.8 Å². The van der Waals surface area contributed by atoms with E-state index in [1.54, 1.807) is 48.5 Å². The molecule has 0 bridgehead atoms. The molecule has 0 radical (unpaired) electrons. The third-order valence-corrected chi connectivity index (χ3v) is 5.55. The van der Waals surface area contributed by atoms with Crippen molar-refractivity contribution in [3.05, 3.63) is 71.8 Å². The van der Waals surface area contributed by atoms with Crippen LogP contribution in [0, 0.1) is 11.8 Å². The Morgan fingerprint density at radius 1 is 0.700 bits per heavy atom. The van der Waals surface area contributed by atoms with Crippen LogP contribution in [0.5, 0.6) is 0 Å². The van der Waals surface area contributed by atoms with Crippen LogP contribution >= 0.6 is 0 Å². The minimum Gasteiger partial charge on any atom is -0.481 e. The van der Waals surface area contributed by atoms with Gasteiger partial charge in [-0.25, -0.2) is 0 Å². The van der Waals surface area contributed by atoms with Gasteiger partial charge in [-0.3, -0.25) is 14.4 Å². The Bertz CT molecular complexity index is 747. The highest BCUT2D eigenvalue weighted by Gasteiger charge is 2.28. The van der Waals surface area contributed by atoms with Gasteiger partial charge in [0.2, 0.25) is 0 Å². The minimum absolute atomic E-state index is 0.165. The van der Waals surface area contributed by atoms with E-state index in [-0.39, 0.29) is 17.5 Å². The summed E-state index contributed by atoms with van der Waals surface area (Å²) in [6.07, 6.45) is 6.10. The molecule has 0 fully saturated rings. The fourth-order valence-corrected chi connectivity index (χ4v) is 3.76. The van der Waals surface area contributed by atoms with Crippen molar-refractivity contribution < 1.29 is 19.5 Å². The van der Waals surface area contributed by atoms with Crippen molar-refractivity contribution in [2.24, 2.45) is 11.8 Å². The van der Waals surface area contributed by atoms with Gasteiger partial charge in [0.1, 0.15) is 0 Å². The number of unbranched alkanes of at least 4 members (excludes halogenated alkanes) is 3. The van der Waals surface area contributed by atoms with Gasteiger partial charge in [0.25, 0.3) is 0 Å². The first-order chi connectivity index (χ1) is 14.5. The molecule has 4 nitrogen and oxygen atoms in total. The molecule has 0 saturated heterocycles. The molecule has 0 spiro atoms. The molecule has 30 heavy (non-hydrogen) atoms. The Labute approximate surface area is 179 Å². The molecular weight excluding hydrogens is 376 g/mol. The van der Waals surface area contributed by atoms with E-state index in [0.717, 1.165) is 19.3 Å². The molecule has 0 aliphatic rings. The zero-order valence-corrected chi connectivity index (χ0v) is 17.8. The summed E-state index contributed by atoms with van der Waals surface area (Å²) in [5.74, 6) is -2.16. The molecule has 1 N–H and O–H groups in total. The Kier molecular flexibility index (Phi) is 9.99. The third-order valence-electron chi connectivity index (χ3n) is 5.55. The van der Waals surface area contributed by atoms with Crippen LogP contribution in [0.2, 0.25) is 0 Å². The first kappa shape index (κ1) is 23.5. The van der Waals surface area contributed by atoms with Crippen molar-refractivity contribution in [3.8, 4) is 0 Å². The van der Waals surface area contributed by atoms with Gasteiger partial charge >= 0.3 is 5.97 Å². The first-order valence-electron chi connectivity index (χ1n) is 11.0. The predicted molar refractivity (Wildman–Crippen MR) is 119 cm³/mol. The third kappa shape index (κ3) is 7.25. The zero-order chi connectivity index (χ0) is 21.8. The second-order valence-corrected chi connectivity index (χ2v) is 7.83. The lowest BCUT2D eigenvalue weighted by Gasteiger charge is -2.16. The van der Waals surface area contributed by atoms with Crippen LogP contribution < -0.4 is 0 Å². The van der Waals surface area contributed by atoms with E-state index in [9.17, 15) is 19.5 Å². The molecule has 0 aromatic heterocycles. The van der Waals surface area contributed by atoms with Gasteiger partial charge < -0.3 is 5.11 Å². The maximum absolute atomic E-state index is 13.1. The van der Waals surface area contributed by atoms with E-state index in [4.69, 9.17) is 0 Å². The number of ketones is 2. The highest BCUT2D eigenvalue weighted by Crippen LogP contribution is 2.23. The molecule has 2 rings (SSSR count). The van der Waals surface area contributed by atoms with E-state index in [1.165, 1.54) is 0 Å². The molecule has 160 valence electrons. The highest BCUT2D eigenvalue weighted by atomic mass is 16.4. The SMILES string of the molecule is CCCCCC(CCCCC(C(=O)c1ccccc1)C(=O)c1ccccc1)C(=O)O. The van der Waals surface area contributed by atoms with Crippen LogP contribution in [0.25, 0.3) is 0 Å². The van der Waals surface area contributed by atoms with Crippen LogP contribution in [0.15, 0.2) is 60.7 Å². The summed E-state index contributed by atoms with van der Waals surface area (Å²) in [6, 6.07) is 17.8. The van der Waals surface area contributed by atoms with Crippen LogP contribution in [-0.4, -0.2) is 22.6 Å². The number of Topliss-reactive ketones (excluding diaryl/α,β-unsaturated/α-hetero) is 2. The number of carbonyl (C=O) groups is 3. The van der Waals surface area contributed by atoms with Gasteiger partial charge in [-0.15, -0.1) is 0 Å². The molecule has 0 heterocycles. The molecule has 2 aromatic rings. The molecule has 2 aromatic carbocycles. The lowest BCUT2D eigenvalue weighted by Crippen LogP contribution is -2.24. The fraction of sp³-hybridized carbons (Fsp3) is 0.423. The maximum Gasteiger partial charge on any atom is 0.306 e. The summed E-state index contributed by atoms with van der Waals surface area (Å²) in [5, 5.41) is 9.45. The Hall–Kier alpha value is -2.75. The average molecular weight is 409 g/mol. The summed E-state index contributed by atoms with van der Waals surface area (Å²) in [5.41, 5.74) is 1.07. The summed E-state index contributed by atoms with van der Waals surface area (Å²) >= 11 is 0. The minimum atomic E-state index is -0.747. The number of hydrogen-bond donors (Lipinski definition) is 1. The highest BCUT2D eigenvalue weighted by molar-refractivity contribution is 6.16. The number of rotatable bonds is 14. The summed E-state index contributed by atoms with van der Waals surface area (Å²) in [7, 11) is 0. The van der Waals surface area contributed by atoms with Gasteiger partial charge in [-0.2, -0.15) is 0 Å². The Morgan fingerprint density at radius 2 is 1.13 bits per heavy atom. The quantitative estimate of drug-likeness (QED) is 0.229. The monoisotopic (exact) mass is 408 g/mol. The number of hydrogen-bond acceptors (Lipinski definition) is 3. The van der Waals surface area contributed by atoms with Crippen molar-refractivity contribution in [2.75, 3.05) is 0 Å². The zero-order valence-electron chi connectivity index (χ0n) is 17.8. The maximum atomic E-state index is 13.1. The van der Waals surface area contributed by atoms with E-state index in [0.29, 0.717) is 43.2 Å². The van der Waals surface area contributed by atoms with Gasteiger partial charge in [-0.1, -0.05) is 99.7 Å². The normalized spacial score (nSPS) is 11.9. The lowest BCUT2D eigenvalue weighted by atomic mass is 9.85. The number of carboxylic acids is 1. The summed E-state index contributed by atoms with van der Waals surface area (Å²) < 4.78 is 0.